The molecule has 1 amide bonds. The van der Waals surface area contributed by atoms with Gasteiger partial charge in [-0.1, -0.05) is 18.2 Å². The van der Waals surface area contributed by atoms with E-state index in [0.29, 0.717) is 12.1 Å². The van der Waals surface area contributed by atoms with Crippen molar-refractivity contribution in [2.45, 2.75) is 32.4 Å². The summed E-state index contributed by atoms with van der Waals surface area (Å²) in [6.45, 7) is 5.15. The van der Waals surface area contributed by atoms with Crippen molar-refractivity contribution in [3.8, 4) is 0 Å². The Hall–Kier alpha value is -2.79. The molecule has 0 bridgehead atoms. The Bertz CT molecular complexity index is 954. The Kier molecular flexibility index (Phi) is 5.35. The number of carbonyl (C=O) groups is 1. The SMILES string of the molecule is Cc1cc2ccccc2n1CCNC(=O)c1ccc(N2CCC(O)CC2)cc1. The molecule has 146 valence electrons. The zero-order valence-electron chi connectivity index (χ0n) is 16.3. The van der Waals surface area contributed by atoms with Crippen molar-refractivity contribution >= 4 is 22.5 Å². The van der Waals surface area contributed by atoms with Gasteiger partial charge in [0.1, 0.15) is 0 Å². The molecule has 3 aromatic rings. The maximum atomic E-state index is 12.5. The number of fused-ring (bicyclic) bond motifs is 1. The van der Waals surface area contributed by atoms with Gasteiger partial charge >= 0.3 is 0 Å². The van der Waals surface area contributed by atoms with Crippen molar-refractivity contribution in [1.82, 2.24) is 9.88 Å². The lowest BCUT2D eigenvalue weighted by atomic mass is 10.1. The molecule has 1 aliphatic rings. The third-order valence-corrected chi connectivity index (χ3v) is 5.60. The number of aromatic nitrogens is 1. The number of carbonyl (C=O) groups excluding carboxylic acids is 1. The average molecular weight is 377 g/mol. The number of hydrogen-bond donors (Lipinski definition) is 2. The fraction of sp³-hybridized carbons (Fsp3) is 0.348. The maximum absolute atomic E-state index is 12.5. The number of para-hydroxylation sites is 1. The number of hydrogen-bond acceptors (Lipinski definition) is 3. The molecule has 1 aliphatic heterocycles. The fourth-order valence-electron chi connectivity index (χ4n) is 3.98. The van der Waals surface area contributed by atoms with Crippen LogP contribution in [0.25, 0.3) is 10.9 Å². The highest BCUT2D eigenvalue weighted by atomic mass is 16.3. The number of aliphatic hydroxyl groups is 1. The van der Waals surface area contributed by atoms with Crippen molar-refractivity contribution in [2.24, 2.45) is 0 Å². The highest BCUT2D eigenvalue weighted by Crippen LogP contribution is 2.21. The number of nitrogens with one attached hydrogen (secondary N) is 1. The molecule has 1 aromatic heterocycles. The predicted octanol–water partition coefficient (Wildman–Crippen LogP) is 3.34. The molecule has 0 aliphatic carbocycles. The van der Waals surface area contributed by atoms with E-state index in [-0.39, 0.29) is 12.0 Å². The highest BCUT2D eigenvalue weighted by molar-refractivity contribution is 5.94. The third kappa shape index (κ3) is 3.90. The number of anilines is 1. The van der Waals surface area contributed by atoms with Crippen LogP contribution in [-0.4, -0.2) is 41.3 Å². The van der Waals surface area contributed by atoms with Crippen molar-refractivity contribution in [3.63, 3.8) is 0 Å². The summed E-state index contributed by atoms with van der Waals surface area (Å²) in [6.07, 6.45) is 1.42. The third-order valence-electron chi connectivity index (χ3n) is 5.60. The van der Waals surface area contributed by atoms with Crippen LogP contribution in [0.4, 0.5) is 5.69 Å². The largest absolute Gasteiger partial charge is 0.393 e. The van der Waals surface area contributed by atoms with Crippen LogP contribution < -0.4 is 10.2 Å². The molecule has 2 heterocycles. The average Bonchev–Trinajstić information content (AvgIpc) is 3.04. The van der Waals surface area contributed by atoms with Crippen molar-refractivity contribution in [1.29, 1.82) is 0 Å². The van der Waals surface area contributed by atoms with Gasteiger partial charge in [0.25, 0.3) is 5.91 Å². The lowest BCUT2D eigenvalue weighted by molar-refractivity contribution is 0.0952. The maximum Gasteiger partial charge on any atom is 0.251 e. The summed E-state index contributed by atoms with van der Waals surface area (Å²) in [5.74, 6) is -0.0465. The van der Waals surface area contributed by atoms with Crippen molar-refractivity contribution in [3.05, 3.63) is 65.9 Å². The minimum Gasteiger partial charge on any atom is -0.393 e. The normalized spacial score (nSPS) is 15.1. The summed E-state index contributed by atoms with van der Waals surface area (Å²) in [5, 5.41) is 13.9. The molecule has 4 rings (SSSR count). The van der Waals surface area contributed by atoms with Gasteiger partial charge < -0.3 is 19.9 Å². The molecule has 0 unspecified atom stereocenters. The molecule has 0 radical (unpaired) electrons. The summed E-state index contributed by atoms with van der Waals surface area (Å²) < 4.78 is 2.24. The van der Waals surface area contributed by atoms with Crippen LogP contribution >= 0.6 is 0 Å². The summed E-state index contributed by atoms with van der Waals surface area (Å²) in [5.41, 5.74) is 4.18. The second-order valence-electron chi connectivity index (χ2n) is 7.52. The van der Waals surface area contributed by atoms with Crippen LogP contribution in [0.15, 0.2) is 54.6 Å². The Balaban J connectivity index is 1.34. The quantitative estimate of drug-likeness (QED) is 0.717. The summed E-state index contributed by atoms with van der Waals surface area (Å²) in [6, 6.07) is 18.2. The van der Waals surface area contributed by atoms with Crippen LogP contribution in [0, 0.1) is 6.92 Å². The Morgan fingerprint density at radius 1 is 1.11 bits per heavy atom. The zero-order valence-corrected chi connectivity index (χ0v) is 16.3. The Morgan fingerprint density at radius 2 is 1.82 bits per heavy atom. The monoisotopic (exact) mass is 377 g/mol. The van der Waals surface area contributed by atoms with Crippen LogP contribution in [0.3, 0.4) is 0 Å². The molecule has 5 heteroatoms. The minimum atomic E-state index is -0.178. The number of nitrogens with zero attached hydrogens (tertiary/aromatic N) is 2. The molecular formula is C23H27N3O2. The first-order chi connectivity index (χ1) is 13.6. The van der Waals surface area contributed by atoms with E-state index in [0.717, 1.165) is 38.2 Å². The van der Waals surface area contributed by atoms with E-state index >= 15 is 0 Å². The lowest BCUT2D eigenvalue weighted by Gasteiger charge is -2.31. The first-order valence-corrected chi connectivity index (χ1v) is 9.98. The molecule has 28 heavy (non-hydrogen) atoms. The van der Waals surface area contributed by atoms with Crippen molar-refractivity contribution in [2.75, 3.05) is 24.5 Å². The summed E-state index contributed by atoms with van der Waals surface area (Å²) in [4.78, 5) is 14.7. The van der Waals surface area contributed by atoms with Gasteiger partial charge in [0.2, 0.25) is 0 Å². The Morgan fingerprint density at radius 3 is 2.57 bits per heavy atom. The number of aliphatic hydroxyl groups excluding tert-OH is 1. The number of piperidine rings is 1. The Labute approximate surface area is 165 Å². The van der Waals surface area contributed by atoms with E-state index in [4.69, 9.17) is 0 Å². The van der Waals surface area contributed by atoms with Crippen LogP contribution in [0.5, 0.6) is 0 Å². The molecule has 0 saturated carbocycles. The van der Waals surface area contributed by atoms with Gasteiger partial charge in [0.05, 0.1) is 6.10 Å². The van der Waals surface area contributed by atoms with Crippen LogP contribution in [0.2, 0.25) is 0 Å². The lowest BCUT2D eigenvalue weighted by Crippen LogP contribution is -2.35. The van der Waals surface area contributed by atoms with Gasteiger partial charge in [0.15, 0.2) is 0 Å². The van der Waals surface area contributed by atoms with E-state index in [9.17, 15) is 9.90 Å². The number of rotatable bonds is 5. The zero-order chi connectivity index (χ0) is 19.5. The van der Waals surface area contributed by atoms with Gasteiger partial charge in [-0.05, 0) is 61.5 Å². The molecule has 1 fully saturated rings. The van der Waals surface area contributed by atoms with E-state index < -0.39 is 0 Å². The molecular weight excluding hydrogens is 350 g/mol. The van der Waals surface area contributed by atoms with E-state index in [1.54, 1.807) is 0 Å². The highest BCUT2D eigenvalue weighted by Gasteiger charge is 2.17. The molecule has 0 spiro atoms. The van der Waals surface area contributed by atoms with E-state index in [1.165, 1.54) is 16.6 Å². The molecule has 2 aromatic carbocycles. The van der Waals surface area contributed by atoms with Gasteiger partial charge in [-0.15, -0.1) is 0 Å². The van der Waals surface area contributed by atoms with Gasteiger partial charge in [-0.3, -0.25) is 4.79 Å². The van der Waals surface area contributed by atoms with E-state index in [1.807, 2.05) is 36.4 Å². The number of amides is 1. The van der Waals surface area contributed by atoms with Gasteiger partial charge in [-0.2, -0.15) is 0 Å². The van der Waals surface area contributed by atoms with Crippen molar-refractivity contribution < 1.29 is 9.90 Å². The molecule has 1 saturated heterocycles. The minimum absolute atomic E-state index is 0.0465. The molecule has 2 N–H and O–H groups in total. The fourth-order valence-corrected chi connectivity index (χ4v) is 3.98. The first kappa shape index (κ1) is 18.6. The second kappa shape index (κ2) is 8.07. The standard InChI is InChI=1S/C23H27N3O2/c1-17-16-19-4-2-3-5-22(19)26(17)15-12-24-23(28)18-6-8-20(9-7-18)25-13-10-21(27)11-14-25/h2-9,16,21,27H,10-15H2,1H3,(H,24,28). The number of aryl methyl sites for hydroxylation is 1. The summed E-state index contributed by atoms with van der Waals surface area (Å²) >= 11 is 0. The number of benzene rings is 2. The summed E-state index contributed by atoms with van der Waals surface area (Å²) in [7, 11) is 0. The topological polar surface area (TPSA) is 57.5 Å². The van der Waals surface area contributed by atoms with Crippen LogP contribution in [-0.2, 0) is 6.54 Å². The predicted molar refractivity (Wildman–Crippen MR) is 113 cm³/mol. The molecule has 5 nitrogen and oxygen atoms in total. The van der Waals surface area contributed by atoms with Gasteiger partial charge in [0, 0.05) is 48.6 Å². The van der Waals surface area contributed by atoms with Crippen LogP contribution in [0.1, 0.15) is 28.9 Å². The first-order valence-electron chi connectivity index (χ1n) is 9.98. The van der Waals surface area contributed by atoms with E-state index in [2.05, 4.69) is 39.9 Å². The second-order valence-corrected chi connectivity index (χ2v) is 7.52. The molecule has 0 atom stereocenters. The smallest absolute Gasteiger partial charge is 0.251 e. The van der Waals surface area contributed by atoms with Gasteiger partial charge in [-0.25, -0.2) is 0 Å².